The number of nitrogens with zero attached hydrogens (tertiary/aromatic N) is 2. The molecule has 0 radical (unpaired) electrons. The SMILES string of the molecule is CC(=O)N[C@@H](C(=O)NC(C)c1nc2ccc(C#Cc3ccc4nc([C@H](C)NC(=O)[C@H](NC(C)=O)c5ccccc5)[nH]c4c3)cc2[nH]1)c1ccccc1. The van der Waals surface area contributed by atoms with Gasteiger partial charge in [-0.2, -0.15) is 0 Å². The van der Waals surface area contributed by atoms with Crippen LogP contribution in [0.1, 0.15) is 85.8 Å². The maximum atomic E-state index is 13.2. The van der Waals surface area contributed by atoms with Crippen molar-refractivity contribution in [1.82, 2.24) is 41.2 Å². The molecule has 6 rings (SSSR count). The topological polar surface area (TPSA) is 174 Å². The van der Waals surface area contributed by atoms with Crippen LogP contribution in [0.15, 0.2) is 97.1 Å². The smallest absolute Gasteiger partial charge is 0.247 e. The predicted molar refractivity (Wildman–Crippen MR) is 197 cm³/mol. The molecule has 4 aromatic carbocycles. The summed E-state index contributed by atoms with van der Waals surface area (Å²) in [5, 5.41) is 11.4. The van der Waals surface area contributed by atoms with Crippen LogP contribution in [0.25, 0.3) is 22.1 Å². The molecule has 12 heteroatoms. The average Bonchev–Trinajstić information content (AvgIpc) is 3.77. The van der Waals surface area contributed by atoms with Gasteiger partial charge in [0.15, 0.2) is 0 Å². The zero-order valence-corrected chi connectivity index (χ0v) is 29.1. The van der Waals surface area contributed by atoms with Gasteiger partial charge in [0.2, 0.25) is 23.6 Å². The molecule has 0 spiro atoms. The third-order valence-corrected chi connectivity index (χ3v) is 8.37. The van der Waals surface area contributed by atoms with Crippen LogP contribution in [0.3, 0.4) is 0 Å². The summed E-state index contributed by atoms with van der Waals surface area (Å²) in [5.74, 6) is 6.24. The Morgan fingerprint density at radius 2 is 0.942 bits per heavy atom. The lowest BCUT2D eigenvalue weighted by Crippen LogP contribution is -2.40. The molecule has 1 unspecified atom stereocenters. The van der Waals surface area contributed by atoms with Crippen LogP contribution >= 0.6 is 0 Å². The second-order valence-electron chi connectivity index (χ2n) is 12.5. The van der Waals surface area contributed by atoms with E-state index in [1.54, 1.807) is 24.3 Å². The Kier molecular flexibility index (Phi) is 10.4. The van der Waals surface area contributed by atoms with Crippen molar-refractivity contribution in [3.63, 3.8) is 0 Å². The van der Waals surface area contributed by atoms with E-state index < -0.39 is 24.2 Å². The van der Waals surface area contributed by atoms with Crippen molar-refractivity contribution >= 4 is 45.7 Å². The largest absolute Gasteiger partial charge is 0.344 e. The minimum Gasteiger partial charge on any atom is -0.344 e. The van der Waals surface area contributed by atoms with Crippen molar-refractivity contribution in [2.75, 3.05) is 0 Å². The second kappa shape index (κ2) is 15.4. The number of nitrogens with one attached hydrogen (secondary N) is 6. The molecule has 12 nitrogen and oxygen atoms in total. The molecule has 0 fully saturated rings. The molecule has 0 aliphatic carbocycles. The van der Waals surface area contributed by atoms with E-state index in [0.717, 1.165) is 33.2 Å². The molecule has 0 aliphatic rings. The first-order valence-corrected chi connectivity index (χ1v) is 16.8. The Morgan fingerprint density at radius 3 is 1.31 bits per heavy atom. The molecule has 0 saturated carbocycles. The highest BCUT2D eigenvalue weighted by Crippen LogP contribution is 2.22. The first kappa shape index (κ1) is 35.1. The molecule has 52 heavy (non-hydrogen) atoms. The van der Waals surface area contributed by atoms with Crippen LogP contribution in [-0.4, -0.2) is 43.6 Å². The van der Waals surface area contributed by atoms with Gasteiger partial charge < -0.3 is 31.2 Å². The fraction of sp³-hybridized carbons (Fsp3) is 0.200. The third-order valence-electron chi connectivity index (χ3n) is 8.37. The highest BCUT2D eigenvalue weighted by Gasteiger charge is 2.25. The van der Waals surface area contributed by atoms with E-state index >= 15 is 0 Å². The highest BCUT2D eigenvalue weighted by molar-refractivity contribution is 5.89. The van der Waals surface area contributed by atoms with Gasteiger partial charge in [-0.1, -0.05) is 72.5 Å². The number of amides is 4. The lowest BCUT2D eigenvalue weighted by Gasteiger charge is -2.20. The second-order valence-corrected chi connectivity index (χ2v) is 12.5. The fourth-order valence-electron chi connectivity index (χ4n) is 5.80. The zero-order chi connectivity index (χ0) is 36.8. The van der Waals surface area contributed by atoms with Crippen LogP contribution < -0.4 is 21.3 Å². The van der Waals surface area contributed by atoms with Gasteiger partial charge in [0.1, 0.15) is 23.7 Å². The van der Waals surface area contributed by atoms with Crippen molar-refractivity contribution in [3.8, 4) is 11.8 Å². The molecule has 262 valence electrons. The van der Waals surface area contributed by atoms with Gasteiger partial charge in [-0.25, -0.2) is 9.97 Å². The average molecular weight is 695 g/mol. The Hall–Kier alpha value is -6.74. The Balaban J connectivity index is 1.13. The van der Waals surface area contributed by atoms with E-state index in [9.17, 15) is 19.2 Å². The van der Waals surface area contributed by atoms with Gasteiger partial charge in [-0.3, -0.25) is 19.2 Å². The van der Waals surface area contributed by atoms with Gasteiger partial charge in [0, 0.05) is 25.0 Å². The molecule has 0 bridgehead atoms. The Morgan fingerprint density at radius 1 is 0.558 bits per heavy atom. The number of carbonyl (C=O) groups excluding carboxylic acids is 4. The minimum absolute atomic E-state index is 0.308. The summed E-state index contributed by atoms with van der Waals surface area (Å²) in [6, 6.07) is 26.8. The van der Waals surface area contributed by atoms with Crippen LogP contribution in [0.5, 0.6) is 0 Å². The number of benzene rings is 4. The number of fused-ring (bicyclic) bond motifs is 2. The number of carbonyl (C=O) groups is 4. The number of hydrogen-bond acceptors (Lipinski definition) is 6. The lowest BCUT2D eigenvalue weighted by atomic mass is 10.1. The predicted octanol–water partition coefficient (Wildman–Crippen LogP) is 4.95. The highest BCUT2D eigenvalue weighted by atomic mass is 16.2. The summed E-state index contributed by atoms with van der Waals surface area (Å²) in [6.45, 7) is 6.40. The minimum atomic E-state index is -0.835. The summed E-state index contributed by atoms with van der Waals surface area (Å²) >= 11 is 0. The van der Waals surface area contributed by atoms with Gasteiger partial charge in [-0.15, -0.1) is 0 Å². The number of imidazole rings is 2. The van der Waals surface area contributed by atoms with Crippen molar-refractivity contribution in [2.24, 2.45) is 0 Å². The number of aromatic nitrogens is 4. The molecule has 6 aromatic rings. The molecular formula is C40H38N8O4. The monoisotopic (exact) mass is 694 g/mol. The standard InChI is InChI=1S/C40H38N8O4/c1-23(41-39(51)35(43-25(3)49)29-11-7-5-8-12-29)37-45-31-19-17-27(21-33(31)47-37)15-16-28-18-20-32-34(22-28)48-38(46-32)24(2)42-40(52)36(44-26(4)50)30-13-9-6-10-14-30/h5-14,17-24,35-36H,1-4H3,(H,41,51)(H,42,52)(H,43,49)(H,44,50)(H,45,47)(H,46,48)/t23-,24?,35+,36+/m0/s1. The number of aromatic amines is 2. The van der Waals surface area contributed by atoms with Gasteiger partial charge in [0.25, 0.3) is 0 Å². The van der Waals surface area contributed by atoms with Gasteiger partial charge in [-0.05, 0) is 61.4 Å². The summed E-state index contributed by atoms with van der Waals surface area (Å²) in [6.07, 6.45) is 0. The van der Waals surface area contributed by atoms with E-state index in [4.69, 9.17) is 0 Å². The quantitative estimate of drug-likeness (QED) is 0.111. The van der Waals surface area contributed by atoms with Gasteiger partial charge >= 0.3 is 0 Å². The third kappa shape index (κ3) is 8.34. The number of hydrogen-bond donors (Lipinski definition) is 6. The summed E-state index contributed by atoms with van der Waals surface area (Å²) in [5.41, 5.74) is 5.87. The maximum absolute atomic E-state index is 13.2. The molecule has 2 aromatic heterocycles. The molecular weight excluding hydrogens is 656 g/mol. The molecule has 6 N–H and O–H groups in total. The van der Waals surface area contributed by atoms with Crippen LogP contribution in [0, 0.1) is 11.8 Å². The van der Waals surface area contributed by atoms with E-state index in [0.29, 0.717) is 22.8 Å². The number of H-pyrrole nitrogens is 2. The maximum Gasteiger partial charge on any atom is 0.247 e. The number of rotatable bonds is 10. The van der Waals surface area contributed by atoms with Crippen LogP contribution in [0.4, 0.5) is 0 Å². The molecule has 4 amide bonds. The first-order valence-electron chi connectivity index (χ1n) is 16.8. The van der Waals surface area contributed by atoms with E-state index in [1.807, 2.05) is 86.6 Å². The Labute approximate surface area is 300 Å². The van der Waals surface area contributed by atoms with Crippen LogP contribution in [-0.2, 0) is 19.2 Å². The molecule has 4 atom stereocenters. The van der Waals surface area contributed by atoms with Crippen LogP contribution in [0.2, 0.25) is 0 Å². The van der Waals surface area contributed by atoms with Gasteiger partial charge in [0.05, 0.1) is 34.2 Å². The fourth-order valence-corrected chi connectivity index (χ4v) is 5.80. The molecule has 0 aliphatic heterocycles. The summed E-state index contributed by atoms with van der Waals surface area (Å²) < 4.78 is 0. The molecule has 2 heterocycles. The van der Waals surface area contributed by atoms with Crippen molar-refractivity contribution in [3.05, 3.63) is 131 Å². The lowest BCUT2D eigenvalue weighted by molar-refractivity contribution is -0.128. The van der Waals surface area contributed by atoms with Crippen molar-refractivity contribution < 1.29 is 19.2 Å². The molecule has 0 saturated heterocycles. The normalized spacial score (nSPS) is 13.2. The van der Waals surface area contributed by atoms with E-state index in [-0.39, 0.29) is 23.6 Å². The summed E-state index contributed by atoms with van der Waals surface area (Å²) in [4.78, 5) is 66.0. The van der Waals surface area contributed by atoms with E-state index in [1.165, 1.54) is 13.8 Å². The van der Waals surface area contributed by atoms with E-state index in [2.05, 4.69) is 53.0 Å². The first-order chi connectivity index (χ1) is 25.0. The van der Waals surface area contributed by atoms with Crippen molar-refractivity contribution in [1.29, 1.82) is 0 Å². The zero-order valence-electron chi connectivity index (χ0n) is 29.1. The Bertz CT molecular complexity index is 2160. The van der Waals surface area contributed by atoms with Crippen molar-refractivity contribution in [2.45, 2.75) is 51.9 Å². The summed E-state index contributed by atoms with van der Waals surface area (Å²) in [7, 11) is 0.